The van der Waals surface area contributed by atoms with Crippen LogP contribution in [0.1, 0.15) is 35.5 Å². The maximum atomic E-state index is 12.8. The van der Waals surface area contributed by atoms with Gasteiger partial charge in [0.1, 0.15) is 0 Å². The van der Waals surface area contributed by atoms with Crippen molar-refractivity contribution in [1.29, 1.82) is 0 Å². The number of carbonyl (C=O) groups is 1. The molecule has 3 aromatic rings. The highest BCUT2D eigenvalue weighted by atomic mass is 16.4. The first-order valence-corrected chi connectivity index (χ1v) is 9.01. The van der Waals surface area contributed by atoms with Crippen molar-refractivity contribution in [2.75, 3.05) is 13.1 Å². The maximum Gasteiger partial charge on any atom is 0.253 e. The van der Waals surface area contributed by atoms with E-state index < -0.39 is 0 Å². The minimum Gasteiger partial charge on any atom is -0.421 e. The van der Waals surface area contributed by atoms with Crippen LogP contribution in [0.2, 0.25) is 0 Å². The fourth-order valence-corrected chi connectivity index (χ4v) is 3.36. The molecule has 0 aliphatic carbocycles. The third-order valence-electron chi connectivity index (χ3n) is 4.72. The molecule has 2 heterocycles. The fraction of sp³-hybridized carbons (Fsp3) is 0.286. The number of nitrogens with zero attached hydrogens (tertiary/aromatic N) is 3. The van der Waals surface area contributed by atoms with Crippen LogP contribution in [0.15, 0.2) is 52.9 Å². The summed E-state index contributed by atoms with van der Waals surface area (Å²) in [4.78, 5) is 14.7. The van der Waals surface area contributed by atoms with Gasteiger partial charge in [-0.25, -0.2) is 0 Å². The van der Waals surface area contributed by atoms with E-state index in [0.717, 1.165) is 48.2 Å². The quantitative estimate of drug-likeness (QED) is 0.707. The van der Waals surface area contributed by atoms with Crippen LogP contribution >= 0.6 is 0 Å². The summed E-state index contributed by atoms with van der Waals surface area (Å²) < 4.78 is 5.52. The summed E-state index contributed by atoms with van der Waals surface area (Å²) >= 11 is 0. The smallest absolute Gasteiger partial charge is 0.253 e. The Morgan fingerprint density at radius 1 is 0.923 bits per heavy atom. The minimum absolute atomic E-state index is 0.121. The number of amides is 1. The molecule has 1 fully saturated rings. The molecule has 4 rings (SSSR count). The van der Waals surface area contributed by atoms with Gasteiger partial charge in [-0.05, 0) is 54.7 Å². The summed E-state index contributed by atoms with van der Waals surface area (Å²) in [6.07, 6.45) is 3.40. The summed E-state index contributed by atoms with van der Waals surface area (Å²) in [7, 11) is 0. The van der Waals surface area contributed by atoms with Gasteiger partial charge < -0.3 is 9.32 Å². The topological polar surface area (TPSA) is 59.2 Å². The van der Waals surface area contributed by atoms with Crippen LogP contribution in [0.25, 0.3) is 22.6 Å². The molecule has 0 N–H and O–H groups in total. The van der Waals surface area contributed by atoms with Crippen LogP contribution in [0.4, 0.5) is 0 Å². The third kappa shape index (κ3) is 3.38. The van der Waals surface area contributed by atoms with Gasteiger partial charge in [0.15, 0.2) is 0 Å². The molecular formula is C21H21N3O2. The zero-order valence-electron chi connectivity index (χ0n) is 14.8. The van der Waals surface area contributed by atoms with Crippen molar-refractivity contribution in [2.24, 2.45) is 0 Å². The Balaban J connectivity index is 1.63. The molecule has 1 saturated heterocycles. The third-order valence-corrected chi connectivity index (χ3v) is 4.72. The van der Waals surface area contributed by atoms with Crippen LogP contribution < -0.4 is 0 Å². The molecule has 1 aliphatic rings. The highest BCUT2D eigenvalue weighted by molar-refractivity contribution is 5.95. The van der Waals surface area contributed by atoms with E-state index in [1.165, 1.54) is 6.42 Å². The second-order valence-corrected chi connectivity index (χ2v) is 6.64. The molecule has 1 amide bonds. The number of hydrogen-bond donors (Lipinski definition) is 0. The molecular weight excluding hydrogens is 326 g/mol. The monoisotopic (exact) mass is 347 g/mol. The molecule has 0 spiro atoms. The summed E-state index contributed by atoms with van der Waals surface area (Å²) in [5.41, 5.74) is 3.64. The lowest BCUT2D eigenvalue weighted by Gasteiger charge is -2.26. The number of likely N-dealkylation sites (tertiary alicyclic amines) is 1. The van der Waals surface area contributed by atoms with Crippen molar-refractivity contribution in [3.63, 3.8) is 0 Å². The van der Waals surface area contributed by atoms with Gasteiger partial charge in [-0.3, -0.25) is 4.79 Å². The average Bonchev–Trinajstić information content (AvgIpc) is 3.15. The second kappa shape index (κ2) is 7.12. The molecule has 26 heavy (non-hydrogen) atoms. The van der Waals surface area contributed by atoms with Crippen molar-refractivity contribution in [2.45, 2.75) is 26.2 Å². The molecule has 5 heteroatoms. The van der Waals surface area contributed by atoms with Gasteiger partial charge in [-0.2, -0.15) is 0 Å². The number of hydrogen-bond acceptors (Lipinski definition) is 4. The average molecular weight is 347 g/mol. The van der Waals surface area contributed by atoms with Crippen LogP contribution in [-0.4, -0.2) is 34.1 Å². The van der Waals surface area contributed by atoms with Gasteiger partial charge in [0.2, 0.25) is 11.8 Å². The summed E-state index contributed by atoms with van der Waals surface area (Å²) in [5.74, 6) is 1.17. The zero-order valence-corrected chi connectivity index (χ0v) is 14.8. The molecule has 0 radical (unpaired) electrons. The number of carbonyl (C=O) groups excluding carboxylic acids is 1. The summed E-state index contributed by atoms with van der Waals surface area (Å²) in [6, 6.07) is 15.8. The lowest BCUT2D eigenvalue weighted by Crippen LogP contribution is -2.35. The lowest BCUT2D eigenvalue weighted by molar-refractivity contribution is 0.0724. The normalized spacial score (nSPS) is 14.4. The number of aryl methyl sites for hydroxylation is 1. The van der Waals surface area contributed by atoms with Gasteiger partial charge >= 0.3 is 0 Å². The van der Waals surface area contributed by atoms with Crippen LogP contribution in [0.5, 0.6) is 0 Å². The maximum absolute atomic E-state index is 12.8. The van der Waals surface area contributed by atoms with E-state index in [-0.39, 0.29) is 5.91 Å². The Kier molecular flexibility index (Phi) is 4.52. The first-order chi connectivity index (χ1) is 12.7. The Bertz CT molecular complexity index is 926. The standard InChI is InChI=1S/C21H21N3O2/c1-15-22-23-20(26-15)18-9-5-7-16(13-18)17-8-6-10-19(14-17)21(25)24-11-3-2-4-12-24/h5-10,13-14H,2-4,11-12H2,1H3. The highest BCUT2D eigenvalue weighted by Gasteiger charge is 2.18. The second-order valence-electron chi connectivity index (χ2n) is 6.64. The first kappa shape index (κ1) is 16.5. The van der Waals surface area contributed by atoms with Crippen LogP contribution in [0.3, 0.4) is 0 Å². The first-order valence-electron chi connectivity index (χ1n) is 9.01. The summed E-state index contributed by atoms with van der Waals surface area (Å²) in [5, 5.41) is 7.97. The van der Waals surface area contributed by atoms with Crippen molar-refractivity contribution >= 4 is 5.91 Å². The van der Waals surface area contributed by atoms with E-state index in [1.807, 2.05) is 53.4 Å². The molecule has 0 saturated carbocycles. The molecule has 0 unspecified atom stereocenters. The van der Waals surface area contributed by atoms with Crippen molar-refractivity contribution in [1.82, 2.24) is 15.1 Å². The van der Waals surface area contributed by atoms with Crippen molar-refractivity contribution in [3.05, 3.63) is 60.0 Å². The van der Waals surface area contributed by atoms with Crippen LogP contribution in [-0.2, 0) is 0 Å². The van der Waals surface area contributed by atoms with Crippen molar-refractivity contribution in [3.8, 4) is 22.6 Å². The van der Waals surface area contributed by atoms with Gasteiger partial charge in [-0.15, -0.1) is 10.2 Å². The van der Waals surface area contributed by atoms with Crippen molar-refractivity contribution < 1.29 is 9.21 Å². The molecule has 1 aliphatic heterocycles. The fourth-order valence-electron chi connectivity index (χ4n) is 3.36. The Morgan fingerprint density at radius 3 is 2.35 bits per heavy atom. The lowest BCUT2D eigenvalue weighted by atomic mass is 10.00. The Morgan fingerprint density at radius 2 is 1.62 bits per heavy atom. The molecule has 0 atom stereocenters. The van der Waals surface area contributed by atoms with E-state index in [1.54, 1.807) is 6.92 Å². The molecule has 0 bridgehead atoms. The van der Waals surface area contributed by atoms with Gasteiger partial charge in [0.05, 0.1) is 0 Å². The summed E-state index contributed by atoms with van der Waals surface area (Å²) in [6.45, 7) is 3.49. The number of piperidine rings is 1. The Hall–Kier alpha value is -2.95. The Labute approximate surface area is 152 Å². The van der Waals surface area contributed by atoms with Gasteiger partial charge in [0.25, 0.3) is 5.91 Å². The highest BCUT2D eigenvalue weighted by Crippen LogP contribution is 2.27. The molecule has 1 aromatic heterocycles. The van der Waals surface area contributed by atoms with Gasteiger partial charge in [0, 0.05) is 31.1 Å². The largest absolute Gasteiger partial charge is 0.421 e. The molecule has 2 aromatic carbocycles. The van der Waals surface area contributed by atoms with E-state index >= 15 is 0 Å². The van der Waals surface area contributed by atoms with Crippen LogP contribution in [0, 0.1) is 6.92 Å². The zero-order chi connectivity index (χ0) is 17.9. The predicted molar refractivity (Wildman–Crippen MR) is 99.7 cm³/mol. The van der Waals surface area contributed by atoms with E-state index in [2.05, 4.69) is 10.2 Å². The number of aromatic nitrogens is 2. The SMILES string of the molecule is Cc1nnc(-c2cccc(-c3cccc(C(=O)N4CCCCC4)c3)c2)o1. The van der Waals surface area contributed by atoms with Gasteiger partial charge in [-0.1, -0.05) is 24.3 Å². The van der Waals surface area contributed by atoms with E-state index in [0.29, 0.717) is 11.8 Å². The number of rotatable bonds is 3. The predicted octanol–water partition coefficient (Wildman–Crippen LogP) is 4.34. The van der Waals surface area contributed by atoms with E-state index in [4.69, 9.17) is 4.42 Å². The molecule has 132 valence electrons. The number of benzene rings is 2. The van der Waals surface area contributed by atoms with E-state index in [9.17, 15) is 4.79 Å². The minimum atomic E-state index is 0.121. The molecule has 5 nitrogen and oxygen atoms in total.